The molecule has 5 heteroatoms. The molecule has 0 bridgehead atoms. The summed E-state index contributed by atoms with van der Waals surface area (Å²) in [5.74, 6) is -1.60. The van der Waals surface area contributed by atoms with Crippen LogP contribution in [0.2, 0.25) is 0 Å². The molecule has 1 unspecified atom stereocenters. The van der Waals surface area contributed by atoms with Gasteiger partial charge >= 0.3 is 12.1 Å². The fourth-order valence-corrected chi connectivity index (χ4v) is 3.15. The highest BCUT2D eigenvalue weighted by atomic mass is 19.4. The summed E-state index contributed by atoms with van der Waals surface area (Å²) >= 11 is 0. The summed E-state index contributed by atoms with van der Waals surface area (Å²) in [7, 11) is 0. The van der Waals surface area contributed by atoms with Gasteiger partial charge in [0, 0.05) is 6.54 Å². The first kappa shape index (κ1) is 16.8. The standard InChI is InChI=1S/C17H22F3NO/c1-2-4-12-7-8-13-5-3-6-14(15(13)11-12)9-10-21-16(22)17(18,19)20/h7-8,11,14H,2-6,9-10H2,1H3,(H,21,22). The summed E-state index contributed by atoms with van der Waals surface area (Å²) in [6.07, 6.45) is 0.925. The first-order chi connectivity index (χ1) is 10.4. The van der Waals surface area contributed by atoms with E-state index in [4.69, 9.17) is 0 Å². The highest BCUT2D eigenvalue weighted by Crippen LogP contribution is 2.34. The second-order valence-corrected chi connectivity index (χ2v) is 5.91. The Bertz CT molecular complexity index is 525. The van der Waals surface area contributed by atoms with Crippen molar-refractivity contribution >= 4 is 5.91 Å². The van der Waals surface area contributed by atoms with Crippen LogP contribution in [-0.4, -0.2) is 18.6 Å². The number of amides is 1. The van der Waals surface area contributed by atoms with E-state index in [0.717, 1.165) is 32.1 Å². The molecule has 22 heavy (non-hydrogen) atoms. The average molecular weight is 313 g/mol. The van der Waals surface area contributed by atoms with Crippen LogP contribution in [0.3, 0.4) is 0 Å². The highest BCUT2D eigenvalue weighted by Gasteiger charge is 2.38. The minimum atomic E-state index is -4.79. The molecule has 1 aliphatic rings. The van der Waals surface area contributed by atoms with Crippen molar-refractivity contribution in [2.45, 2.75) is 57.5 Å². The molecule has 0 aromatic heterocycles. The Labute approximate surface area is 129 Å². The summed E-state index contributed by atoms with van der Waals surface area (Å²) in [6.45, 7) is 2.20. The first-order valence-electron chi connectivity index (χ1n) is 7.88. The van der Waals surface area contributed by atoms with Crippen LogP contribution in [0, 0.1) is 0 Å². The number of aryl methyl sites for hydroxylation is 2. The second-order valence-electron chi connectivity index (χ2n) is 5.91. The van der Waals surface area contributed by atoms with Crippen LogP contribution < -0.4 is 5.32 Å². The maximum atomic E-state index is 12.2. The van der Waals surface area contributed by atoms with E-state index in [2.05, 4.69) is 25.1 Å². The van der Waals surface area contributed by atoms with E-state index in [0.29, 0.717) is 6.42 Å². The molecule has 0 aliphatic heterocycles. The Kier molecular flexibility index (Phi) is 5.48. The number of benzene rings is 1. The average Bonchev–Trinajstić information content (AvgIpc) is 2.47. The van der Waals surface area contributed by atoms with E-state index < -0.39 is 12.1 Å². The number of hydrogen-bond donors (Lipinski definition) is 1. The number of alkyl halides is 3. The Morgan fingerprint density at radius 1 is 1.36 bits per heavy atom. The van der Waals surface area contributed by atoms with Gasteiger partial charge in [0.1, 0.15) is 0 Å². The van der Waals surface area contributed by atoms with E-state index in [1.165, 1.54) is 16.7 Å². The lowest BCUT2D eigenvalue weighted by Crippen LogP contribution is -2.37. The molecule has 0 heterocycles. The number of nitrogens with one attached hydrogen (secondary N) is 1. The Hall–Kier alpha value is -1.52. The lowest BCUT2D eigenvalue weighted by Gasteiger charge is -2.26. The number of carbonyl (C=O) groups is 1. The molecule has 0 spiro atoms. The Morgan fingerprint density at radius 3 is 2.82 bits per heavy atom. The molecule has 1 aromatic rings. The number of carbonyl (C=O) groups excluding carboxylic acids is 1. The molecule has 0 radical (unpaired) electrons. The van der Waals surface area contributed by atoms with Crippen molar-refractivity contribution in [2.75, 3.05) is 6.54 Å². The molecule has 1 atom stereocenters. The molecule has 1 N–H and O–H groups in total. The van der Waals surface area contributed by atoms with Crippen molar-refractivity contribution in [1.82, 2.24) is 5.32 Å². The van der Waals surface area contributed by atoms with Gasteiger partial charge in [0.05, 0.1) is 0 Å². The van der Waals surface area contributed by atoms with Crippen molar-refractivity contribution in [3.8, 4) is 0 Å². The van der Waals surface area contributed by atoms with Crippen LogP contribution in [0.15, 0.2) is 18.2 Å². The van der Waals surface area contributed by atoms with Gasteiger partial charge in [-0.25, -0.2) is 0 Å². The Balaban J connectivity index is 1.99. The topological polar surface area (TPSA) is 29.1 Å². The number of fused-ring (bicyclic) bond motifs is 1. The van der Waals surface area contributed by atoms with E-state index in [9.17, 15) is 18.0 Å². The van der Waals surface area contributed by atoms with E-state index in [1.807, 2.05) is 5.32 Å². The summed E-state index contributed by atoms with van der Waals surface area (Å²) in [4.78, 5) is 10.9. The second kappa shape index (κ2) is 7.16. The molecule has 2 rings (SSSR count). The quantitative estimate of drug-likeness (QED) is 0.870. The van der Waals surface area contributed by atoms with E-state index >= 15 is 0 Å². The third-order valence-corrected chi connectivity index (χ3v) is 4.22. The number of hydrogen-bond acceptors (Lipinski definition) is 1. The van der Waals surface area contributed by atoms with Crippen molar-refractivity contribution in [1.29, 1.82) is 0 Å². The van der Waals surface area contributed by atoms with Crippen molar-refractivity contribution in [2.24, 2.45) is 0 Å². The largest absolute Gasteiger partial charge is 0.471 e. The molecule has 2 nitrogen and oxygen atoms in total. The summed E-state index contributed by atoms with van der Waals surface area (Å²) in [6, 6.07) is 6.51. The third kappa shape index (κ3) is 4.24. The molecule has 122 valence electrons. The minimum absolute atomic E-state index is 0.0699. The van der Waals surface area contributed by atoms with Crippen molar-refractivity contribution in [3.63, 3.8) is 0 Å². The number of rotatable bonds is 5. The predicted octanol–water partition coefficient (Wildman–Crippen LogP) is 4.13. The van der Waals surface area contributed by atoms with Gasteiger partial charge in [0.2, 0.25) is 0 Å². The fourth-order valence-electron chi connectivity index (χ4n) is 3.15. The summed E-state index contributed by atoms with van der Waals surface area (Å²) in [5, 5.41) is 1.98. The van der Waals surface area contributed by atoms with Gasteiger partial charge in [0.15, 0.2) is 0 Å². The molecular formula is C17H22F3NO. The minimum Gasteiger partial charge on any atom is -0.348 e. The van der Waals surface area contributed by atoms with Gasteiger partial charge < -0.3 is 5.32 Å². The van der Waals surface area contributed by atoms with Crippen LogP contribution in [0.5, 0.6) is 0 Å². The zero-order chi connectivity index (χ0) is 16.2. The van der Waals surface area contributed by atoms with Crippen molar-refractivity contribution in [3.05, 3.63) is 34.9 Å². The number of halogens is 3. The maximum Gasteiger partial charge on any atom is 0.471 e. The molecule has 0 fully saturated rings. The fraction of sp³-hybridized carbons (Fsp3) is 0.588. The smallest absolute Gasteiger partial charge is 0.348 e. The maximum absolute atomic E-state index is 12.2. The zero-order valence-electron chi connectivity index (χ0n) is 12.8. The monoisotopic (exact) mass is 313 g/mol. The van der Waals surface area contributed by atoms with Gasteiger partial charge in [-0.2, -0.15) is 13.2 Å². The van der Waals surface area contributed by atoms with Crippen LogP contribution in [0.1, 0.15) is 55.2 Å². The molecular weight excluding hydrogens is 291 g/mol. The lowest BCUT2D eigenvalue weighted by atomic mass is 9.80. The summed E-state index contributed by atoms with van der Waals surface area (Å²) < 4.78 is 36.5. The van der Waals surface area contributed by atoms with E-state index in [1.54, 1.807) is 0 Å². The first-order valence-corrected chi connectivity index (χ1v) is 7.88. The van der Waals surface area contributed by atoms with Crippen LogP contribution in [0.25, 0.3) is 0 Å². The van der Waals surface area contributed by atoms with Crippen LogP contribution in [0.4, 0.5) is 13.2 Å². The summed E-state index contributed by atoms with van der Waals surface area (Å²) in [5.41, 5.74) is 3.85. The van der Waals surface area contributed by atoms with Gasteiger partial charge in [-0.3, -0.25) is 4.79 Å². The third-order valence-electron chi connectivity index (χ3n) is 4.22. The molecule has 0 saturated carbocycles. The molecule has 1 amide bonds. The van der Waals surface area contributed by atoms with Crippen LogP contribution in [-0.2, 0) is 17.6 Å². The normalized spacial score (nSPS) is 17.9. The molecule has 1 aromatic carbocycles. The van der Waals surface area contributed by atoms with Gasteiger partial charge in [-0.1, -0.05) is 31.5 Å². The molecule has 1 aliphatic carbocycles. The van der Waals surface area contributed by atoms with E-state index in [-0.39, 0.29) is 12.5 Å². The Morgan fingerprint density at radius 2 is 2.14 bits per heavy atom. The van der Waals surface area contributed by atoms with Gasteiger partial charge in [-0.15, -0.1) is 0 Å². The SMILES string of the molecule is CCCc1ccc2c(c1)C(CCNC(=O)C(F)(F)F)CCC2. The van der Waals surface area contributed by atoms with Crippen molar-refractivity contribution < 1.29 is 18.0 Å². The molecule has 0 saturated heterocycles. The van der Waals surface area contributed by atoms with Gasteiger partial charge in [-0.05, 0) is 54.7 Å². The van der Waals surface area contributed by atoms with Gasteiger partial charge in [0.25, 0.3) is 0 Å². The highest BCUT2D eigenvalue weighted by molar-refractivity contribution is 5.81. The lowest BCUT2D eigenvalue weighted by molar-refractivity contribution is -0.173. The zero-order valence-corrected chi connectivity index (χ0v) is 12.8. The predicted molar refractivity (Wildman–Crippen MR) is 79.8 cm³/mol. The van der Waals surface area contributed by atoms with Crippen LogP contribution >= 0.6 is 0 Å².